The maximum absolute atomic E-state index is 10.8. The number of hydrogen-bond donors (Lipinski definition) is 0. The van der Waals surface area contributed by atoms with Crippen molar-refractivity contribution in [1.29, 1.82) is 0 Å². The molecule has 0 radical (unpaired) electrons. The van der Waals surface area contributed by atoms with Crippen molar-refractivity contribution in [2.45, 2.75) is 40.4 Å². The van der Waals surface area contributed by atoms with E-state index in [1.165, 1.54) is 0 Å². The summed E-state index contributed by atoms with van der Waals surface area (Å²) in [4.78, 5) is 30.7. The topological polar surface area (TPSA) is 129 Å². The molecule has 0 aliphatic heterocycles. The van der Waals surface area contributed by atoms with Crippen molar-refractivity contribution in [3.63, 3.8) is 0 Å². The Labute approximate surface area is 120 Å². The summed E-state index contributed by atoms with van der Waals surface area (Å²) >= 11 is 0. The summed E-state index contributed by atoms with van der Waals surface area (Å²) in [6.45, 7) is 3.21. The van der Waals surface area contributed by atoms with Gasteiger partial charge in [-0.15, -0.1) is 0 Å². The second kappa shape index (κ2) is 6.25. The first kappa shape index (κ1) is 16.5. The lowest BCUT2D eigenvalue weighted by atomic mass is 9.88. The van der Waals surface area contributed by atoms with Gasteiger partial charge in [-0.2, -0.15) is 0 Å². The lowest BCUT2D eigenvalue weighted by molar-refractivity contribution is -0.500. The van der Waals surface area contributed by atoms with Gasteiger partial charge in [0, 0.05) is 31.5 Å². The van der Waals surface area contributed by atoms with Gasteiger partial charge in [-0.3, -0.25) is 30.3 Å². The van der Waals surface area contributed by atoms with E-state index in [0.717, 1.165) is 0 Å². The molecule has 0 spiro atoms. The molecule has 1 aromatic carbocycles. The molecule has 1 aromatic rings. The van der Waals surface area contributed by atoms with Crippen LogP contribution in [0.4, 0.5) is 0 Å². The van der Waals surface area contributed by atoms with Gasteiger partial charge >= 0.3 is 0 Å². The normalized spacial score (nSPS) is 10.4. The third-order valence-corrected chi connectivity index (χ3v) is 3.58. The highest BCUT2D eigenvalue weighted by molar-refractivity contribution is 5.49. The quantitative estimate of drug-likeness (QED) is 0.582. The van der Waals surface area contributed by atoms with Gasteiger partial charge in [0.05, 0.1) is 0 Å². The van der Waals surface area contributed by atoms with E-state index in [2.05, 4.69) is 0 Å². The minimum absolute atomic E-state index is 0.319. The average molecular weight is 297 g/mol. The molecule has 9 heteroatoms. The molecular weight excluding hydrogens is 282 g/mol. The van der Waals surface area contributed by atoms with E-state index in [-0.39, 0.29) is 0 Å². The van der Waals surface area contributed by atoms with Crippen molar-refractivity contribution >= 4 is 0 Å². The van der Waals surface area contributed by atoms with E-state index in [0.29, 0.717) is 33.4 Å². The van der Waals surface area contributed by atoms with Crippen LogP contribution in [-0.4, -0.2) is 14.8 Å². The summed E-state index contributed by atoms with van der Waals surface area (Å²) < 4.78 is 0. The van der Waals surface area contributed by atoms with Crippen LogP contribution < -0.4 is 0 Å². The van der Waals surface area contributed by atoms with Crippen LogP contribution in [0.5, 0.6) is 0 Å². The molecule has 0 saturated carbocycles. The van der Waals surface area contributed by atoms with Crippen molar-refractivity contribution in [2.75, 3.05) is 0 Å². The van der Waals surface area contributed by atoms with E-state index in [1.807, 2.05) is 0 Å². The molecule has 0 heterocycles. The van der Waals surface area contributed by atoms with Gasteiger partial charge in [-0.25, -0.2) is 0 Å². The van der Waals surface area contributed by atoms with Crippen LogP contribution in [0.25, 0.3) is 0 Å². The zero-order chi connectivity index (χ0) is 16.3. The highest BCUT2D eigenvalue weighted by Crippen LogP contribution is 2.28. The van der Waals surface area contributed by atoms with E-state index in [1.54, 1.807) is 20.8 Å². The van der Waals surface area contributed by atoms with Crippen LogP contribution in [0.1, 0.15) is 33.4 Å². The third-order valence-electron chi connectivity index (χ3n) is 3.58. The summed E-state index contributed by atoms with van der Waals surface area (Å²) in [7, 11) is 0. The molecule has 0 bridgehead atoms. The molecule has 0 N–H and O–H groups in total. The Morgan fingerprint density at radius 3 is 0.952 bits per heavy atom. The Morgan fingerprint density at radius 1 is 0.619 bits per heavy atom. The van der Waals surface area contributed by atoms with Gasteiger partial charge in [-0.05, 0) is 37.5 Å². The fourth-order valence-corrected chi connectivity index (χ4v) is 2.49. The van der Waals surface area contributed by atoms with Crippen molar-refractivity contribution in [3.05, 3.63) is 63.7 Å². The van der Waals surface area contributed by atoms with Gasteiger partial charge in [0.15, 0.2) is 0 Å². The standard InChI is InChI=1S/C12H15N3O6/c1-7-10(4-13(16)17)8(2)12(6-15(20)21)9(3)11(7)5-14(18)19/h4-6H2,1-3H3. The molecule has 0 unspecified atom stereocenters. The summed E-state index contributed by atoms with van der Waals surface area (Å²) in [6.07, 6.45) is 0. The highest BCUT2D eigenvalue weighted by Gasteiger charge is 2.24. The largest absolute Gasteiger partial charge is 0.264 e. The Morgan fingerprint density at radius 2 is 0.810 bits per heavy atom. The van der Waals surface area contributed by atoms with Crippen LogP contribution in [-0.2, 0) is 19.6 Å². The van der Waals surface area contributed by atoms with Crippen molar-refractivity contribution in [3.8, 4) is 0 Å². The molecule has 0 aliphatic carbocycles. The van der Waals surface area contributed by atoms with Crippen LogP contribution in [0.2, 0.25) is 0 Å². The molecule has 114 valence electrons. The first-order valence-corrected chi connectivity index (χ1v) is 6.10. The summed E-state index contributed by atoms with van der Waals surface area (Å²) in [5, 5.41) is 32.3. The molecule has 0 aliphatic rings. The van der Waals surface area contributed by atoms with Crippen LogP contribution in [0.3, 0.4) is 0 Å². The van der Waals surface area contributed by atoms with Crippen molar-refractivity contribution in [1.82, 2.24) is 0 Å². The second-order valence-corrected chi connectivity index (χ2v) is 4.78. The molecule has 0 fully saturated rings. The summed E-state index contributed by atoms with van der Waals surface area (Å²) in [6, 6.07) is 0. The fraction of sp³-hybridized carbons (Fsp3) is 0.500. The van der Waals surface area contributed by atoms with Crippen molar-refractivity contribution in [2.24, 2.45) is 0 Å². The predicted molar refractivity (Wildman–Crippen MR) is 72.7 cm³/mol. The maximum Gasteiger partial charge on any atom is 0.229 e. The molecule has 21 heavy (non-hydrogen) atoms. The fourth-order valence-electron chi connectivity index (χ4n) is 2.49. The van der Waals surface area contributed by atoms with E-state index >= 15 is 0 Å². The van der Waals surface area contributed by atoms with Gasteiger partial charge in [-0.1, -0.05) is 0 Å². The molecule has 0 amide bonds. The first-order valence-electron chi connectivity index (χ1n) is 6.10. The zero-order valence-corrected chi connectivity index (χ0v) is 11.9. The van der Waals surface area contributed by atoms with Crippen LogP contribution in [0, 0.1) is 51.1 Å². The van der Waals surface area contributed by atoms with Gasteiger partial charge in [0.25, 0.3) is 0 Å². The Bertz CT molecular complexity index is 519. The summed E-state index contributed by atoms with van der Waals surface area (Å²) in [5.74, 6) is 0. The zero-order valence-electron chi connectivity index (χ0n) is 11.9. The Kier molecular flexibility index (Phi) is 4.90. The van der Waals surface area contributed by atoms with E-state index < -0.39 is 34.4 Å². The monoisotopic (exact) mass is 297 g/mol. The third kappa shape index (κ3) is 3.71. The maximum atomic E-state index is 10.8. The molecule has 0 saturated heterocycles. The first-order chi connectivity index (χ1) is 9.65. The average Bonchev–Trinajstić information content (AvgIpc) is 2.35. The molecule has 0 atom stereocenters. The number of hydrogen-bond acceptors (Lipinski definition) is 6. The number of nitrogens with zero attached hydrogens (tertiary/aromatic N) is 3. The summed E-state index contributed by atoms with van der Waals surface area (Å²) in [5.41, 5.74) is 2.35. The minimum atomic E-state index is -0.545. The minimum Gasteiger partial charge on any atom is -0.264 e. The molecular formula is C12H15N3O6. The van der Waals surface area contributed by atoms with E-state index in [9.17, 15) is 30.3 Å². The lowest BCUT2D eigenvalue weighted by Crippen LogP contribution is -2.15. The second-order valence-electron chi connectivity index (χ2n) is 4.78. The van der Waals surface area contributed by atoms with Gasteiger partial charge in [0.1, 0.15) is 0 Å². The van der Waals surface area contributed by atoms with Gasteiger partial charge < -0.3 is 0 Å². The molecule has 1 rings (SSSR count). The van der Waals surface area contributed by atoms with Crippen LogP contribution >= 0.6 is 0 Å². The Hall–Kier alpha value is -2.58. The SMILES string of the molecule is Cc1c(C[N+](=O)[O-])c(C)c(C[N+](=O)[O-])c(C)c1C[N+](=O)[O-]. The van der Waals surface area contributed by atoms with E-state index in [4.69, 9.17) is 0 Å². The number of rotatable bonds is 6. The smallest absolute Gasteiger partial charge is 0.229 e. The molecule has 0 aromatic heterocycles. The van der Waals surface area contributed by atoms with Crippen LogP contribution in [0.15, 0.2) is 0 Å². The molecule has 9 nitrogen and oxygen atoms in total. The Balaban J connectivity index is 3.60. The highest BCUT2D eigenvalue weighted by atomic mass is 16.6. The number of nitro groups is 3. The predicted octanol–water partition coefficient (Wildman–Crippen LogP) is 1.94. The lowest BCUT2D eigenvalue weighted by Gasteiger charge is -2.17. The van der Waals surface area contributed by atoms with Gasteiger partial charge in [0.2, 0.25) is 19.6 Å². The number of benzene rings is 1. The van der Waals surface area contributed by atoms with Crippen molar-refractivity contribution < 1.29 is 14.8 Å².